The van der Waals surface area contributed by atoms with Gasteiger partial charge in [-0.15, -0.1) is 11.8 Å². The normalized spacial score (nSPS) is 18.6. The third kappa shape index (κ3) is 8.85. The van der Waals surface area contributed by atoms with Crippen LogP contribution in [-0.2, 0) is 19.0 Å². The molecule has 1 aromatic rings. The molecule has 1 aliphatic rings. The molecule has 6 heteroatoms. The molecule has 2 rings (SSSR count). The summed E-state index contributed by atoms with van der Waals surface area (Å²) in [6, 6.07) is 8.38. The molecule has 1 aromatic carbocycles. The smallest absolute Gasteiger partial charge is 0.315 e. The molecule has 4 nitrogen and oxygen atoms in total. The Bertz CT molecular complexity index is 602. The van der Waals surface area contributed by atoms with Crippen molar-refractivity contribution in [2.75, 3.05) is 25.2 Å². The average molecular weight is 473 g/mol. The highest BCUT2D eigenvalue weighted by Crippen LogP contribution is 2.33. The fourth-order valence-electron chi connectivity index (χ4n) is 3.33. The second kappa shape index (κ2) is 12.2. The largest absolute Gasteiger partial charge is 0.468 e. The van der Waals surface area contributed by atoms with E-state index in [1.807, 2.05) is 6.07 Å². The summed E-state index contributed by atoms with van der Waals surface area (Å²) in [7, 11) is 1.44. The van der Waals surface area contributed by atoms with Crippen LogP contribution in [0.5, 0.6) is 0 Å². The van der Waals surface area contributed by atoms with E-state index in [-0.39, 0.29) is 23.8 Å². The molecule has 0 amide bonds. The van der Waals surface area contributed by atoms with Crippen LogP contribution < -0.4 is 0 Å². The lowest BCUT2D eigenvalue weighted by Gasteiger charge is -2.29. The van der Waals surface area contributed by atoms with Crippen molar-refractivity contribution in [1.29, 1.82) is 0 Å². The molecular formula is C22H33BrO4S. The number of thioether (sulfide) groups is 1. The first-order chi connectivity index (χ1) is 13.4. The summed E-state index contributed by atoms with van der Waals surface area (Å²) in [6.07, 6.45) is 6.32. The molecule has 0 aliphatic carbocycles. The Balaban J connectivity index is 1.87. The third-order valence-corrected chi connectivity index (χ3v) is 6.85. The van der Waals surface area contributed by atoms with Gasteiger partial charge < -0.3 is 14.2 Å². The van der Waals surface area contributed by atoms with Crippen LogP contribution in [0.1, 0.15) is 64.0 Å². The van der Waals surface area contributed by atoms with Crippen molar-refractivity contribution >= 4 is 33.7 Å². The molecule has 0 aromatic heterocycles. The summed E-state index contributed by atoms with van der Waals surface area (Å²) in [5.74, 6) is 1.20. The molecule has 1 fully saturated rings. The molecule has 2 unspecified atom stereocenters. The van der Waals surface area contributed by atoms with Crippen LogP contribution in [0.4, 0.5) is 0 Å². The number of hydrogen-bond acceptors (Lipinski definition) is 5. The van der Waals surface area contributed by atoms with Crippen LogP contribution >= 0.6 is 27.7 Å². The molecule has 0 radical (unpaired) electrons. The van der Waals surface area contributed by atoms with Gasteiger partial charge in [-0.25, -0.2) is 0 Å². The third-order valence-electron chi connectivity index (χ3n) is 4.93. The molecule has 1 aliphatic heterocycles. The highest BCUT2D eigenvalue weighted by molar-refractivity contribution is 9.10. The molecule has 0 saturated carbocycles. The first-order valence-corrected chi connectivity index (χ1v) is 12.0. The van der Waals surface area contributed by atoms with E-state index in [0.717, 1.165) is 48.9 Å². The fraction of sp³-hybridized carbons (Fsp3) is 0.682. The topological polar surface area (TPSA) is 44.8 Å². The summed E-state index contributed by atoms with van der Waals surface area (Å²) in [5, 5.41) is 0. The van der Waals surface area contributed by atoms with E-state index < -0.39 is 0 Å². The molecule has 0 N–H and O–H groups in total. The molecule has 2 atom stereocenters. The lowest BCUT2D eigenvalue weighted by Crippen LogP contribution is -2.25. The monoisotopic (exact) mass is 472 g/mol. The predicted molar refractivity (Wildman–Crippen MR) is 119 cm³/mol. The first-order valence-electron chi connectivity index (χ1n) is 10.1. The number of rotatable bonds is 11. The van der Waals surface area contributed by atoms with E-state index in [4.69, 9.17) is 14.2 Å². The van der Waals surface area contributed by atoms with Gasteiger partial charge in [-0.1, -0.05) is 41.9 Å². The van der Waals surface area contributed by atoms with Gasteiger partial charge in [0.1, 0.15) is 0 Å². The summed E-state index contributed by atoms with van der Waals surface area (Å²) in [5.41, 5.74) is 1.36. The zero-order valence-electron chi connectivity index (χ0n) is 17.2. The van der Waals surface area contributed by atoms with Crippen LogP contribution in [-0.4, -0.2) is 37.5 Å². The van der Waals surface area contributed by atoms with E-state index in [9.17, 15) is 4.79 Å². The number of carbonyl (C=O) groups excluding carboxylic acids is 1. The van der Waals surface area contributed by atoms with Gasteiger partial charge in [0.15, 0.2) is 6.29 Å². The van der Waals surface area contributed by atoms with Gasteiger partial charge in [-0.2, -0.15) is 0 Å². The molecule has 28 heavy (non-hydrogen) atoms. The predicted octanol–water partition coefficient (Wildman–Crippen LogP) is 6.14. The van der Waals surface area contributed by atoms with Gasteiger partial charge in [0.2, 0.25) is 0 Å². The molecular weight excluding hydrogens is 440 g/mol. The maximum Gasteiger partial charge on any atom is 0.315 e. The standard InChI is InChI=1S/C22H33BrO4S/c1-22(2,16-28-15-20(24)25-3)12-7-10-19(17-8-6-9-18(23)14-17)27-21-11-4-5-13-26-21/h6,8-9,14,19,21H,4-5,7,10-13,15-16H2,1-3H3. The number of ether oxygens (including phenoxy) is 3. The Labute approximate surface area is 182 Å². The SMILES string of the molecule is COC(=O)CSCC(C)(C)CCCC(OC1CCCCO1)c1cccc(Br)c1. The van der Waals surface area contributed by atoms with Crippen molar-refractivity contribution in [1.82, 2.24) is 0 Å². The van der Waals surface area contributed by atoms with Crippen LogP contribution in [0.2, 0.25) is 0 Å². The molecule has 158 valence electrons. The minimum absolute atomic E-state index is 0.0409. The van der Waals surface area contributed by atoms with Gasteiger partial charge in [-0.3, -0.25) is 4.79 Å². The quantitative estimate of drug-likeness (QED) is 0.362. The Morgan fingerprint density at radius 3 is 2.89 bits per heavy atom. The van der Waals surface area contributed by atoms with E-state index in [0.29, 0.717) is 5.75 Å². The molecule has 0 spiro atoms. The van der Waals surface area contributed by atoms with Crippen molar-refractivity contribution in [3.63, 3.8) is 0 Å². The Hall–Kier alpha value is -0.560. The second-order valence-corrected chi connectivity index (χ2v) is 10.0. The van der Waals surface area contributed by atoms with Crippen LogP contribution in [0.15, 0.2) is 28.7 Å². The van der Waals surface area contributed by atoms with Gasteiger partial charge in [0, 0.05) is 11.1 Å². The summed E-state index contributed by atoms with van der Waals surface area (Å²) in [6.45, 7) is 5.31. The highest BCUT2D eigenvalue weighted by Gasteiger charge is 2.23. The number of methoxy groups -OCH3 is 1. The Kier molecular flexibility index (Phi) is 10.3. The number of benzene rings is 1. The van der Waals surface area contributed by atoms with Gasteiger partial charge >= 0.3 is 5.97 Å². The van der Waals surface area contributed by atoms with Crippen molar-refractivity contribution in [3.05, 3.63) is 34.3 Å². The minimum atomic E-state index is -0.156. The second-order valence-electron chi connectivity index (χ2n) is 8.10. The lowest BCUT2D eigenvalue weighted by atomic mass is 9.88. The summed E-state index contributed by atoms with van der Waals surface area (Å²) < 4.78 is 18.0. The fourth-order valence-corrected chi connectivity index (χ4v) is 4.83. The van der Waals surface area contributed by atoms with E-state index >= 15 is 0 Å². The average Bonchev–Trinajstić information content (AvgIpc) is 2.67. The summed E-state index contributed by atoms with van der Waals surface area (Å²) in [4.78, 5) is 11.3. The van der Waals surface area contributed by atoms with Crippen LogP contribution in [0.3, 0.4) is 0 Å². The van der Waals surface area contributed by atoms with Crippen LogP contribution in [0.25, 0.3) is 0 Å². The number of hydrogen-bond donors (Lipinski definition) is 0. The van der Waals surface area contributed by atoms with Crippen molar-refractivity contribution in [3.8, 4) is 0 Å². The van der Waals surface area contributed by atoms with E-state index in [1.165, 1.54) is 19.1 Å². The molecule has 1 saturated heterocycles. The summed E-state index contributed by atoms with van der Waals surface area (Å²) >= 11 is 5.22. The Morgan fingerprint density at radius 1 is 1.39 bits per heavy atom. The van der Waals surface area contributed by atoms with Crippen LogP contribution in [0, 0.1) is 5.41 Å². The Morgan fingerprint density at radius 2 is 2.21 bits per heavy atom. The van der Waals surface area contributed by atoms with Crippen molar-refractivity contribution < 1.29 is 19.0 Å². The first kappa shape index (κ1) is 23.7. The number of carbonyl (C=O) groups is 1. The van der Waals surface area contributed by atoms with Crippen molar-refractivity contribution in [2.45, 2.75) is 64.8 Å². The maximum atomic E-state index is 11.3. The minimum Gasteiger partial charge on any atom is -0.468 e. The lowest BCUT2D eigenvalue weighted by molar-refractivity contribution is -0.191. The van der Waals surface area contributed by atoms with E-state index in [2.05, 4.69) is 48.0 Å². The van der Waals surface area contributed by atoms with Crippen molar-refractivity contribution in [2.24, 2.45) is 5.41 Å². The highest BCUT2D eigenvalue weighted by atomic mass is 79.9. The number of halogens is 1. The zero-order valence-corrected chi connectivity index (χ0v) is 19.6. The molecule has 0 bridgehead atoms. The number of esters is 1. The van der Waals surface area contributed by atoms with Gasteiger partial charge in [0.05, 0.1) is 19.0 Å². The van der Waals surface area contributed by atoms with Gasteiger partial charge in [-0.05, 0) is 67.4 Å². The van der Waals surface area contributed by atoms with Gasteiger partial charge in [0.25, 0.3) is 0 Å². The molecule has 1 heterocycles. The van der Waals surface area contributed by atoms with E-state index in [1.54, 1.807) is 11.8 Å². The maximum absolute atomic E-state index is 11.3. The zero-order chi connectivity index (χ0) is 20.4.